The molecular weight excluding hydrogens is 182 g/mol. The highest BCUT2D eigenvalue weighted by Gasteiger charge is 2.27. The van der Waals surface area contributed by atoms with Gasteiger partial charge in [0.1, 0.15) is 0 Å². The second-order valence-corrected chi connectivity index (χ2v) is 4.75. The van der Waals surface area contributed by atoms with E-state index in [0.717, 1.165) is 24.8 Å². The zero-order chi connectivity index (χ0) is 10.5. The Kier molecular flexibility index (Phi) is 3.79. The van der Waals surface area contributed by atoms with Crippen molar-refractivity contribution >= 4 is 0 Å². The number of rotatable bonds is 6. The molecular formula is C14H21N. The second-order valence-electron chi connectivity index (χ2n) is 4.75. The predicted octanol–water partition coefficient (Wildman–Crippen LogP) is 2.86. The van der Waals surface area contributed by atoms with Crippen molar-refractivity contribution in [2.45, 2.75) is 26.2 Å². The molecule has 0 amide bonds. The van der Waals surface area contributed by atoms with E-state index in [-0.39, 0.29) is 0 Å². The van der Waals surface area contributed by atoms with E-state index >= 15 is 0 Å². The van der Waals surface area contributed by atoms with Crippen molar-refractivity contribution in [3.63, 3.8) is 0 Å². The SMILES string of the molecule is CC(CNCCc1ccccc1)C1CC1. The Hall–Kier alpha value is -0.820. The van der Waals surface area contributed by atoms with Gasteiger partial charge < -0.3 is 5.32 Å². The molecule has 1 nitrogen and oxygen atoms in total. The highest BCUT2D eigenvalue weighted by atomic mass is 14.9. The Morgan fingerprint density at radius 2 is 2.00 bits per heavy atom. The molecule has 0 spiro atoms. The molecule has 1 aromatic carbocycles. The Bertz CT molecular complexity index is 277. The van der Waals surface area contributed by atoms with E-state index in [4.69, 9.17) is 0 Å². The normalized spacial score (nSPS) is 17.7. The first-order chi connectivity index (χ1) is 7.36. The molecule has 0 radical (unpaired) electrons. The summed E-state index contributed by atoms with van der Waals surface area (Å²) < 4.78 is 0. The van der Waals surface area contributed by atoms with Crippen molar-refractivity contribution < 1.29 is 0 Å². The molecule has 1 heteroatoms. The van der Waals surface area contributed by atoms with E-state index < -0.39 is 0 Å². The summed E-state index contributed by atoms with van der Waals surface area (Å²) in [6.45, 7) is 4.67. The number of benzene rings is 1. The maximum atomic E-state index is 3.55. The van der Waals surface area contributed by atoms with E-state index in [2.05, 4.69) is 42.6 Å². The fourth-order valence-electron chi connectivity index (χ4n) is 2.04. The van der Waals surface area contributed by atoms with Crippen molar-refractivity contribution in [3.8, 4) is 0 Å². The quantitative estimate of drug-likeness (QED) is 0.701. The van der Waals surface area contributed by atoms with Crippen LogP contribution in [0.3, 0.4) is 0 Å². The summed E-state index contributed by atoms with van der Waals surface area (Å²) in [4.78, 5) is 0. The zero-order valence-corrected chi connectivity index (χ0v) is 9.58. The van der Waals surface area contributed by atoms with Gasteiger partial charge in [0, 0.05) is 0 Å². The lowest BCUT2D eigenvalue weighted by atomic mass is 10.1. The van der Waals surface area contributed by atoms with Crippen LogP contribution in [0.1, 0.15) is 25.3 Å². The van der Waals surface area contributed by atoms with Gasteiger partial charge in [0.05, 0.1) is 0 Å². The molecule has 1 aliphatic rings. The molecule has 1 N–H and O–H groups in total. The molecule has 1 saturated carbocycles. The van der Waals surface area contributed by atoms with Crippen LogP contribution < -0.4 is 5.32 Å². The third-order valence-electron chi connectivity index (χ3n) is 3.33. The van der Waals surface area contributed by atoms with E-state index in [1.165, 1.54) is 24.9 Å². The fraction of sp³-hybridized carbons (Fsp3) is 0.571. The minimum Gasteiger partial charge on any atom is -0.316 e. The van der Waals surface area contributed by atoms with Crippen molar-refractivity contribution in [2.75, 3.05) is 13.1 Å². The van der Waals surface area contributed by atoms with Crippen molar-refractivity contribution in [1.82, 2.24) is 5.32 Å². The van der Waals surface area contributed by atoms with Gasteiger partial charge in [-0.15, -0.1) is 0 Å². The molecule has 1 atom stereocenters. The first-order valence-electron chi connectivity index (χ1n) is 6.11. The van der Waals surface area contributed by atoms with Gasteiger partial charge in [-0.1, -0.05) is 37.3 Å². The van der Waals surface area contributed by atoms with Gasteiger partial charge in [-0.25, -0.2) is 0 Å². The average molecular weight is 203 g/mol. The van der Waals surface area contributed by atoms with Gasteiger partial charge >= 0.3 is 0 Å². The third-order valence-corrected chi connectivity index (χ3v) is 3.33. The van der Waals surface area contributed by atoms with Gasteiger partial charge in [-0.3, -0.25) is 0 Å². The molecule has 1 fully saturated rings. The summed E-state index contributed by atoms with van der Waals surface area (Å²) in [5.74, 6) is 1.90. The van der Waals surface area contributed by atoms with Gasteiger partial charge in [-0.05, 0) is 49.8 Å². The number of hydrogen-bond donors (Lipinski definition) is 1. The molecule has 0 heterocycles. The van der Waals surface area contributed by atoms with E-state index in [1.807, 2.05) is 0 Å². The highest BCUT2D eigenvalue weighted by molar-refractivity contribution is 5.14. The van der Waals surface area contributed by atoms with Crippen LogP contribution in [0.15, 0.2) is 30.3 Å². The van der Waals surface area contributed by atoms with Crippen LogP contribution in [0.25, 0.3) is 0 Å². The van der Waals surface area contributed by atoms with Crippen LogP contribution in [0, 0.1) is 11.8 Å². The first-order valence-corrected chi connectivity index (χ1v) is 6.11. The lowest BCUT2D eigenvalue weighted by molar-refractivity contribution is 0.464. The minimum absolute atomic E-state index is 0.876. The Labute approximate surface area is 92.9 Å². The molecule has 0 bridgehead atoms. The topological polar surface area (TPSA) is 12.0 Å². The van der Waals surface area contributed by atoms with Crippen LogP contribution in [-0.4, -0.2) is 13.1 Å². The smallest absolute Gasteiger partial charge is 0.000824 e. The predicted molar refractivity (Wildman–Crippen MR) is 64.9 cm³/mol. The Balaban J connectivity index is 1.58. The van der Waals surface area contributed by atoms with Crippen LogP contribution in [0.5, 0.6) is 0 Å². The highest BCUT2D eigenvalue weighted by Crippen LogP contribution is 2.35. The maximum Gasteiger partial charge on any atom is -0.000824 e. The van der Waals surface area contributed by atoms with Crippen molar-refractivity contribution in [3.05, 3.63) is 35.9 Å². The van der Waals surface area contributed by atoms with E-state index in [1.54, 1.807) is 0 Å². The van der Waals surface area contributed by atoms with Crippen molar-refractivity contribution in [2.24, 2.45) is 11.8 Å². The standard InChI is InChI=1S/C14H21N/c1-12(14-7-8-14)11-15-10-9-13-5-3-2-4-6-13/h2-6,12,14-15H,7-11H2,1H3. The van der Waals surface area contributed by atoms with Gasteiger partial charge in [0.2, 0.25) is 0 Å². The molecule has 2 rings (SSSR count). The molecule has 1 aliphatic carbocycles. The van der Waals surface area contributed by atoms with Crippen molar-refractivity contribution in [1.29, 1.82) is 0 Å². The Morgan fingerprint density at radius 3 is 2.67 bits per heavy atom. The molecule has 0 aromatic heterocycles. The fourth-order valence-corrected chi connectivity index (χ4v) is 2.04. The monoisotopic (exact) mass is 203 g/mol. The Morgan fingerprint density at radius 1 is 1.27 bits per heavy atom. The van der Waals surface area contributed by atoms with Crippen LogP contribution in [0.2, 0.25) is 0 Å². The third kappa shape index (κ3) is 3.67. The maximum absolute atomic E-state index is 3.55. The van der Waals surface area contributed by atoms with Gasteiger partial charge in [0.25, 0.3) is 0 Å². The molecule has 15 heavy (non-hydrogen) atoms. The van der Waals surface area contributed by atoms with Crippen LogP contribution >= 0.6 is 0 Å². The summed E-state index contributed by atoms with van der Waals surface area (Å²) in [6, 6.07) is 10.7. The van der Waals surface area contributed by atoms with Crippen LogP contribution in [0.4, 0.5) is 0 Å². The largest absolute Gasteiger partial charge is 0.316 e. The summed E-state index contributed by atoms with van der Waals surface area (Å²) in [6.07, 6.45) is 4.07. The van der Waals surface area contributed by atoms with Gasteiger partial charge in [0.15, 0.2) is 0 Å². The van der Waals surface area contributed by atoms with Gasteiger partial charge in [-0.2, -0.15) is 0 Å². The lowest BCUT2D eigenvalue weighted by Gasteiger charge is -2.11. The second kappa shape index (κ2) is 5.32. The molecule has 0 saturated heterocycles. The van der Waals surface area contributed by atoms with Crippen LogP contribution in [-0.2, 0) is 6.42 Å². The summed E-state index contributed by atoms with van der Waals surface area (Å²) in [7, 11) is 0. The minimum atomic E-state index is 0.876. The lowest BCUT2D eigenvalue weighted by Crippen LogP contribution is -2.24. The zero-order valence-electron chi connectivity index (χ0n) is 9.58. The van der Waals surface area contributed by atoms with E-state index in [0.29, 0.717) is 0 Å². The summed E-state index contributed by atoms with van der Waals surface area (Å²) >= 11 is 0. The summed E-state index contributed by atoms with van der Waals surface area (Å²) in [5.41, 5.74) is 1.43. The molecule has 1 unspecified atom stereocenters. The number of hydrogen-bond acceptors (Lipinski definition) is 1. The summed E-state index contributed by atoms with van der Waals surface area (Å²) in [5, 5.41) is 3.55. The van der Waals surface area contributed by atoms with E-state index in [9.17, 15) is 0 Å². The average Bonchev–Trinajstić information content (AvgIpc) is 3.09. The molecule has 0 aliphatic heterocycles. The molecule has 82 valence electrons. The first kappa shape index (κ1) is 10.7. The number of nitrogens with one attached hydrogen (secondary N) is 1. The molecule has 1 aromatic rings.